The first kappa shape index (κ1) is 10.4. The third-order valence-corrected chi connectivity index (χ3v) is 1.04. The number of carbonyl (C=O) groups is 2. The molecule has 0 unspecified atom stereocenters. The molecule has 1 amide bonds. The summed E-state index contributed by atoms with van der Waals surface area (Å²) >= 11 is 0. The SMILES string of the molecule is CCOC(=O)C(=C=O)C(=O)NC. The molecule has 0 heterocycles. The van der Waals surface area contributed by atoms with Gasteiger partial charge < -0.3 is 10.1 Å². The predicted octanol–water partition coefficient (Wildman–Crippen LogP) is -0.947. The molecule has 5 nitrogen and oxygen atoms in total. The van der Waals surface area contributed by atoms with E-state index in [9.17, 15) is 14.4 Å². The number of esters is 1. The lowest BCUT2D eigenvalue weighted by Gasteiger charge is -2.00. The van der Waals surface area contributed by atoms with Gasteiger partial charge in [-0.25, -0.2) is 9.59 Å². The van der Waals surface area contributed by atoms with Crippen molar-refractivity contribution in [3.8, 4) is 0 Å². The van der Waals surface area contributed by atoms with Crippen LogP contribution in [0.5, 0.6) is 0 Å². The first-order valence-corrected chi connectivity index (χ1v) is 3.31. The minimum absolute atomic E-state index is 0.112. The molecule has 0 aromatic rings. The summed E-state index contributed by atoms with van der Waals surface area (Å²) in [4.78, 5) is 31.6. The summed E-state index contributed by atoms with van der Waals surface area (Å²) in [5.74, 6) is -0.523. The number of nitrogens with one attached hydrogen (secondary N) is 1. The van der Waals surface area contributed by atoms with Crippen molar-refractivity contribution >= 4 is 17.8 Å². The Labute approximate surface area is 69.4 Å². The molecule has 0 aliphatic heterocycles. The number of hydrogen-bond donors (Lipinski definition) is 1. The van der Waals surface area contributed by atoms with E-state index in [4.69, 9.17) is 0 Å². The Morgan fingerprint density at radius 3 is 2.42 bits per heavy atom. The maximum absolute atomic E-state index is 10.8. The lowest BCUT2D eigenvalue weighted by molar-refractivity contribution is -0.140. The second-order valence-electron chi connectivity index (χ2n) is 1.78. The average molecular weight is 171 g/mol. The highest BCUT2D eigenvalue weighted by molar-refractivity contribution is 6.22. The molecular formula is C7H9NO4. The van der Waals surface area contributed by atoms with Gasteiger partial charge in [0.2, 0.25) is 5.57 Å². The molecule has 0 aliphatic carbocycles. The van der Waals surface area contributed by atoms with Gasteiger partial charge >= 0.3 is 5.97 Å². The van der Waals surface area contributed by atoms with Crippen LogP contribution in [0.3, 0.4) is 0 Å². The molecule has 0 bridgehead atoms. The van der Waals surface area contributed by atoms with Gasteiger partial charge in [0.05, 0.1) is 6.61 Å². The summed E-state index contributed by atoms with van der Waals surface area (Å²) in [6.07, 6.45) is 0. The van der Waals surface area contributed by atoms with Crippen molar-refractivity contribution in [1.29, 1.82) is 0 Å². The highest BCUT2D eigenvalue weighted by Gasteiger charge is 2.19. The van der Waals surface area contributed by atoms with Crippen molar-refractivity contribution in [3.63, 3.8) is 0 Å². The Balaban J connectivity index is 4.48. The van der Waals surface area contributed by atoms with Crippen LogP contribution in [0.15, 0.2) is 5.57 Å². The fourth-order valence-corrected chi connectivity index (χ4v) is 0.509. The van der Waals surface area contributed by atoms with Crippen molar-refractivity contribution in [2.45, 2.75) is 6.92 Å². The molecule has 0 rings (SSSR count). The Bertz CT molecular complexity index is 240. The van der Waals surface area contributed by atoms with E-state index in [2.05, 4.69) is 10.1 Å². The molecule has 1 N–H and O–H groups in total. The monoisotopic (exact) mass is 171 g/mol. The third kappa shape index (κ3) is 2.56. The smallest absolute Gasteiger partial charge is 0.355 e. The Morgan fingerprint density at radius 2 is 2.08 bits per heavy atom. The number of likely N-dealkylation sites (N-methyl/N-ethyl adjacent to an activating group) is 1. The van der Waals surface area contributed by atoms with Crippen LogP contribution in [0, 0.1) is 0 Å². The van der Waals surface area contributed by atoms with Gasteiger partial charge in [-0.1, -0.05) is 0 Å². The van der Waals surface area contributed by atoms with Gasteiger partial charge in [0.1, 0.15) is 5.94 Å². The average Bonchev–Trinajstić information content (AvgIpc) is 2.06. The molecule has 0 aromatic carbocycles. The van der Waals surface area contributed by atoms with Crippen LogP contribution >= 0.6 is 0 Å². The van der Waals surface area contributed by atoms with E-state index in [1.807, 2.05) is 0 Å². The summed E-state index contributed by atoms with van der Waals surface area (Å²) in [7, 11) is 1.30. The fourth-order valence-electron chi connectivity index (χ4n) is 0.509. The molecule has 0 spiro atoms. The quantitative estimate of drug-likeness (QED) is 0.195. The molecule has 0 aromatic heterocycles. The largest absolute Gasteiger partial charge is 0.462 e. The number of rotatable bonds is 3. The lowest BCUT2D eigenvalue weighted by atomic mass is 10.3. The van der Waals surface area contributed by atoms with Crippen molar-refractivity contribution in [2.75, 3.05) is 13.7 Å². The third-order valence-electron chi connectivity index (χ3n) is 1.04. The van der Waals surface area contributed by atoms with Crippen molar-refractivity contribution in [3.05, 3.63) is 5.57 Å². The van der Waals surface area contributed by atoms with Crippen molar-refractivity contribution in [1.82, 2.24) is 5.32 Å². The van der Waals surface area contributed by atoms with Crippen LogP contribution in [0.4, 0.5) is 0 Å². The maximum Gasteiger partial charge on any atom is 0.355 e. The molecule has 0 saturated carbocycles. The topological polar surface area (TPSA) is 72.5 Å². The van der Waals surface area contributed by atoms with Gasteiger partial charge in [0, 0.05) is 7.05 Å². The molecule has 0 radical (unpaired) electrons. The van der Waals surface area contributed by atoms with Crippen LogP contribution in [0.2, 0.25) is 0 Å². The molecule has 12 heavy (non-hydrogen) atoms. The zero-order valence-electron chi connectivity index (χ0n) is 6.84. The van der Waals surface area contributed by atoms with Gasteiger partial charge in [-0.05, 0) is 6.92 Å². The molecule has 0 fully saturated rings. The standard InChI is InChI=1S/C7H9NO4/c1-3-12-7(11)5(4-9)6(10)8-2/h3H2,1-2H3,(H,8,10). The zero-order chi connectivity index (χ0) is 9.56. The second kappa shape index (κ2) is 5.09. The van der Waals surface area contributed by atoms with Crippen LogP contribution in [-0.2, 0) is 19.1 Å². The zero-order valence-corrected chi connectivity index (χ0v) is 6.84. The molecule has 0 aliphatic rings. The van der Waals surface area contributed by atoms with E-state index in [-0.39, 0.29) is 6.61 Å². The van der Waals surface area contributed by atoms with Crippen LogP contribution in [0.1, 0.15) is 6.92 Å². The molecule has 5 heteroatoms. The number of hydrogen-bond acceptors (Lipinski definition) is 4. The minimum Gasteiger partial charge on any atom is -0.462 e. The van der Waals surface area contributed by atoms with Crippen molar-refractivity contribution in [2.24, 2.45) is 0 Å². The number of amides is 1. The Morgan fingerprint density at radius 1 is 1.50 bits per heavy atom. The summed E-state index contributed by atoms with van der Waals surface area (Å²) < 4.78 is 4.42. The summed E-state index contributed by atoms with van der Waals surface area (Å²) in [5.41, 5.74) is -0.639. The van der Waals surface area contributed by atoms with E-state index >= 15 is 0 Å². The fraction of sp³-hybridized carbons (Fsp3) is 0.429. The molecular weight excluding hydrogens is 162 g/mol. The van der Waals surface area contributed by atoms with Crippen LogP contribution in [-0.4, -0.2) is 31.5 Å². The first-order chi connectivity index (χ1) is 5.67. The van der Waals surface area contributed by atoms with E-state index in [1.54, 1.807) is 6.92 Å². The second-order valence-corrected chi connectivity index (χ2v) is 1.78. The van der Waals surface area contributed by atoms with Gasteiger partial charge in [-0.3, -0.25) is 4.79 Å². The summed E-state index contributed by atoms with van der Waals surface area (Å²) in [5, 5.41) is 2.12. The highest BCUT2D eigenvalue weighted by Crippen LogP contribution is 1.92. The Hall–Kier alpha value is -1.61. The lowest BCUT2D eigenvalue weighted by Crippen LogP contribution is -2.26. The first-order valence-electron chi connectivity index (χ1n) is 3.31. The number of ether oxygens (including phenoxy) is 1. The normalized spacial score (nSPS) is 8.17. The van der Waals surface area contributed by atoms with Crippen molar-refractivity contribution < 1.29 is 19.1 Å². The van der Waals surface area contributed by atoms with E-state index in [1.165, 1.54) is 13.0 Å². The molecule has 0 atom stereocenters. The van der Waals surface area contributed by atoms with Gasteiger partial charge in [-0.2, -0.15) is 0 Å². The number of carbonyl (C=O) groups excluding carboxylic acids is 3. The van der Waals surface area contributed by atoms with Gasteiger partial charge in [0.25, 0.3) is 5.91 Å². The maximum atomic E-state index is 10.8. The van der Waals surface area contributed by atoms with Crippen LogP contribution < -0.4 is 5.32 Å². The molecule has 0 saturated heterocycles. The highest BCUT2D eigenvalue weighted by atomic mass is 16.5. The predicted molar refractivity (Wildman–Crippen MR) is 39.9 cm³/mol. The summed E-state index contributed by atoms with van der Waals surface area (Å²) in [6, 6.07) is 0. The van der Waals surface area contributed by atoms with Gasteiger partial charge in [-0.15, -0.1) is 0 Å². The minimum atomic E-state index is -0.952. The molecule has 66 valence electrons. The van der Waals surface area contributed by atoms with E-state index in [0.717, 1.165) is 0 Å². The van der Waals surface area contributed by atoms with E-state index < -0.39 is 17.4 Å². The van der Waals surface area contributed by atoms with E-state index in [0.29, 0.717) is 0 Å². The van der Waals surface area contributed by atoms with Gasteiger partial charge in [0.15, 0.2) is 0 Å². The van der Waals surface area contributed by atoms with Crippen LogP contribution in [0.25, 0.3) is 0 Å². The summed E-state index contributed by atoms with van der Waals surface area (Å²) in [6.45, 7) is 1.69. The Kier molecular flexibility index (Phi) is 4.41.